The molecule has 1 aliphatic heterocycles. The summed E-state index contributed by atoms with van der Waals surface area (Å²) in [7, 11) is 3.47. The van der Waals surface area contributed by atoms with Gasteiger partial charge in [0.2, 0.25) is 5.91 Å². The Labute approximate surface area is 129 Å². The Morgan fingerprint density at radius 2 is 2.05 bits per heavy atom. The van der Waals surface area contributed by atoms with Gasteiger partial charge >= 0.3 is 0 Å². The first-order valence-electron chi connectivity index (χ1n) is 7.41. The smallest absolute Gasteiger partial charge is 0.246 e. The normalized spacial score (nSPS) is 17.6. The molecular weight excluding hydrogens is 280 g/mol. The largest absolute Gasteiger partial charge is 0.384 e. The van der Waals surface area contributed by atoms with E-state index in [1.165, 1.54) is 0 Å². The molecule has 2 aromatic rings. The van der Waals surface area contributed by atoms with Gasteiger partial charge in [0.15, 0.2) is 5.82 Å². The minimum Gasteiger partial charge on any atom is -0.384 e. The van der Waals surface area contributed by atoms with Crippen LogP contribution >= 0.6 is 0 Å². The Hall–Kier alpha value is -2.21. The summed E-state index contributed by atoms with van der Waals surface area (Å²) in [6, 6.07) is 9.77. The van der Waals surface area contributed by atoms with Gasteiger partial charge < -0.3 is 14.2 Å². The monoisotopic (exact) mass is 300 g/mol. The fraction of sp³-hybridized carbons (Fsp3) is 0.438. The maximum Gasteiger partial charge on any atom is 0.246 e. The molecule has 0 saturated carbocycles. The number of aromatic nitrogens is 3. The fourth-order valence-corrected chi connectivity index (χ4v) is 2.86. The molecule has 1 amide bonds. The number of ether oxygens (including phenoxy) is 1. The summed E-state index contributed by atoms with van der Waals surface area (Å²) < 4.78 is 7.13. The maximum absolute atomic E-state index is 12.6. The van der Waals surface area contributed by atoms with E-state index in [1.807, 2.05) is 41.9 Å². The van der Waals surface area contributed by atoms with Crippen LogP contribution in [0.2, 0.25) is 0 Å². The van der Waals surface area contributed by atoms with E-state index in [0.717, 1.165) is 17.2 Å². The third-order valence-electron chi connectivity index (χ3n) is 3.99. The summed E-state index contributed by atoms with van der Waals surface area (Å²) in [6.45, 7) is 1.07. The Morgan fingerprint density at radius 3 is 2.77 bits per heavy atom. The van der Waals surface area contributed by atoms with Gasteiger partial charge in [-0.2, -0.15) is 0 Å². The number of amides is 1. The molecule has 0 spiro atoms. The lowest BCUT2D eigenvalue weighted by Gasteiger charge is -2.31. The maximum atomic E-state index is 12.6. The molecule has 1 aromatic heterocycles. The average Bonchev–Trinajstić information content (AvgIpc) is 2.93. The lowest BCUT2D eigenvalue weighted by Crippen LogP contribution is -2.42. The van der Waals surface area contributed by atoms with Crippen molar-refractivity contribution < 1.29 is 9.53 Å². The Kier molecular flexibility index (Phi) is 4.20. The van der Waals surface area contributed by atoms with E-state index in [-0.39, 0.29) is 11.9 Å². The van der Waals surface area contributed by atoms with Crippen molar-refractivity contribution in [2.24, 2.45) is 0 Å². The third kappa shape index (κ3) is 2.74. The van der Waals surface area contributed by atoms with Crippen molar-refractivity contribution in [2.45, 2.75) is 25.4 Å². The van der Waals surface area contributed by atoms with Crippen molar-refractivity contribution in [1.29, 1.82) is 0 Å². The molecule has 0 aliphatic carbocycles. The van der Waals surface area contributed by atoms with Gasteiger partial charge in [0.05, 0.1) is 13.2 Å². The molecular formula is C16H20N4O2. The first kappa shape index (κ1) is 14.7. The molecule has 1 aliphatic rings. The predicted octanol–water partition coefficient (Wildman–Crippen LogP) is 1.22. The number of hydrogen-bond donors (Lipinski definition) is 0. The molecule has 6 heteroatoms. The second kappa shape index (κ2) is 6.27. The van der Waals surface area contributed by atoms with Crippen molar-refractivity contribution in [1.82, 2.24) is 19.7 Å². The van der Waals surface area contributed by atoms with Crippen molar-refractivity contribution >= 4 is 5.91 Å². The quantitative estimate of drug-likeness (QED) is 0.833. The van der Waals surface area contributed by atoms with Crippen LogP contribution < -0.4 is 0 Å². The van der Waals surface area contributed by atoms with Gasteiger partial charge in [0.1, 0.15) is 11.9 Å². The zero-order valence-corrected chi connectivity index (χ0v) is 12.9. The molecule has 0 radical (unpaired) electrons. The van der Waals surface area contributed by atoms with Crippen LogP contribution in [0.1, 0.15) is 23.3 Å². The SMILES string of the molecule is COCCc1nnc2n1[C@H](Cc1ccccc1)C(=O)N(C)C2. The Morgan fingerprint density at radius 1 is 1.27 bits per heavy atom. The highest BCUT2D eigenvalue weighted by Crippen LogP contribution is 2.25. The van der Waals surface area contributed by atoms with E-state index < -0.39 is 0 Å². The average molecular weight is 300 g/mol. The number of carbonyl (C=O) groups excluding carboxylic acids is 1. The summed E-state index contributed by atoms with van der Waals surface area (Å²) in [5.74, 6) is 1.77. The molecule has 0 unspecified atom stereocenters. The molecule has 116 valence electrons. The van der Waals surface area contributed by atoms with Crippen molar-refractivity contribution in [3.8, 4) is 0 Å². The van der Waals surface area contributed by atoms with E-state index in [1.54, 1.807) is 12.0 Å². The molecule has 3 rings (SSSR count). The molecule has 0 saturated heterocycles. The van der Waals surface area contributed by atoms with Gasteiger partial charge in [0, 0.05) is 27.0 Å². The van der Waals surface area contributed by atoms with E-state index in [4.69, 9.17) is 4.74 Å². The summed E-state index contributed by atoms with van der Waals surface area (Å²) in [5.41, 5.74) is 1.13. The van der Waals surface area contributed by atoms with Crippen LogP contribution in [-0.4, -0.2) is 46.3 Å². The highest BCUT2D eigenvalue weighted by atomic mass is 16.5. The van der Waals surface area contributed by atoms with Gasteiger partial charge in [-0.3, -0.25) is 4.79 Å². The van der Waals surface area contributed by atoms with Gasteiger partial charge in [-0.25, -0.2) is 0 Å². The summed E-state index contributed by atoms with van der Waals surface area (Å²) in [5, 5.41) is 8.50. The zero-order chi connectivity index (χ0) is 15.5. The van der Waals surface area contributed by atoms with E-state index in [9.17, 15) is 4.79 Å². The second-order valence-corrected chi connectivity index (χ2v) is 5.55. The first-order chi connectivity index (χ1) is 10.7. The number of fused-ring (bicyclic) bond motifs is 1. The highest BCUT2D eigenvalue weighted by molar-refractivity contribution is 5.81. The second-order valence-electron chi connectivity index (χ2n) is 5.55. The van der Waals surface area contributed by atoms with Gasteiger partial charge in [-0.05, 0) is 5.56 Å². The molecule has 0 N–H and O–H groups in total. The summed E-state index contributed by atoms with van der Waals surface area (Å²) in [6.07, 6.45) is 1.31. The van der Waals surface area contributed by atoms with Crippen LogP contribution in [0.4, 0.5) is 0 Å². The molecule has 0 fully saturated rings. The van der Waals surface area contributed by atoms with Crippen LogP contribution in [0.3, 0.4) is 0 Å². The minimum absolute atomic E-state index is 0.106. The molecule has 1 aromatic carbocycles. The molecule has 6 nitrogen and oxygen atoms in total. The van der Waals surface area contributed by atoms with Crippen LogP contribution in [0, 0.1) is 0 Å². The summed E-state index contributed by atoms with van der Waals surface area (Å²) >= 11 is 0. The number of likely N-dealkylation sites (N-methyl/N-ethyl adjacent to an activating group) is 1. The van der Waals surface area contributed by atoms with E-state index >= 15 is 0 Å². The van der Waals surface area contributed by atoms with Crippen LogP contribution in [0.15, 0.2) is 30.3 Å². The van der Waals surface area contributed by atoms with Crippen LogP contribution in [0.25, 0.3) is 0 Å². The molecule has 22 heavy (non-hydrogen) atoms. The number of rotatable bonds is 5. The van der Waals surface area contributed by atoms with Gasteiger partial charge in [-0.15, -0.1) is 10.2 Å². The van der Waals surface area contributed by atoms with Crippen LogP contribution in [0.5, 0.6) is 0 Å². The van der Waals surface area contributed by atoms with Crippen molar-refractivity contribution in [3.05, 3.63) is 47.5 Å². The lowest BCUT2D eigenvalue weighted by atomic mass is 10.0. The number of methoxy groups -OCH3 is 1. The molecule has 1 atom stereocenters. The molecule has 0 bridgehead atoms. The number of nitrogens with zero attached hydrogens (tertiary/aromatic N) is 4. The van der Waals surface area contributed by atoms with Gasteiger partial charge in [0.25, 0.3) is 0 Å². The third-order valence-corrected chi connectivity index (χ3v) is 3.99. The van der Waals surface area contributed by atoms with Crippen LogP contribution in [-0.2, 0) is 28.9 Å². The fourth-order valence-electron chi connectivity index (χ4n) is 2.86. The Bertz CT molecular complexity index is 653. The number of carbonyl (C=O) groups is 1. The first-order valence-corrected chi connectivity index (χ1v) is 7.41. The Balaban J connectivity index is 1.94. The summed E-state index contributed by atoms with van der Waals surface area (Å²) in [4.78, 5) is 14.4. The van der Waals surface area contributed by atoms with E-state index in [2.05, 4.69) is 10.2 Å². The minimum atomic E-state index is -0.280. The van der Waals surface area contributed by atoms with Crippen molar-refractivity contribution in [3.63, 3.8) is 0 Å². The predicted molar refractivity (Wildman–Crippen MR) is 81.3 cm³/mol. The lowest BCUT2D eigenvalue weighted by molar-refractivity contribution is -0.136. The standard InChI is InChI=1S/C16H20N4O2/c1-19-11-15-18-17-14(8-9-22-2)20(15)13(16(19)21)10-12-6-4-3-5-7-12/h3-7,13H,8-11H2,1-2H3/t13-/m1/s1. The number of hydrogen-bond acceptors (Lipinski definition) is 4. The highest BCUT2D eigenvalue weighted by Gasteiger charge is 2.34. The van der Waals surface area contributed by atoms with Crippen molar-refractivity contribution in [2.75, 3.05) is 20.8 Å². The number of benzene rings is 1. The molecule has 2 heterocycles. The zero-order valence-electron chi connectivity index (χ0n) is 12.9. The topological polar surface area (TPSA) is 60.3 Å². The van der Waals surface area contributed by atoms with E-state index in [0.29, 0.717) is 26.0 Å². The van der Waals surface area contributed by atoms with Gasteiger partial charge in [-0.1, -0.05) is 30.3 Å².